The molecule has 1 atom stereocenters. The lowest BCUT2D eigenvalue weighted by Gasteiger charge is -2.36. The van der Waals surface area contributed by atoms with Crippen molar-refractivity contribution in [1.82, 2.24) is 0 Å². The second kappa shape index (κ2) is 6.42. The van der Waals surface area contributed by atoms with E-state index in [9.17, 15) is 0 Å². The van der Waals surface area contributed by atoms with Gasteiger partial charge in [-0.15, -0.1) is 0 Å². The lowest BCUT2D eigenvalue weighted by atomic mass is 10.1. The zero-order valence-electron chi connectivity index (χ0n) is 10.3. The molecule has 0 aromatic rings. The van der Waals surface area contributed by atoms with Crippen molar-refractivity contribution in [3.63, 3.8) is 0 Å². The maximum Gasteiger partial charge on any atom is 0.0810 e. The first-order valence-corrected chi connectivity index (χ1v) is 5.91. The molecule has 0 bridgehead atoms. The van der Waals surface area contributed by atoms with Crippen molar-refractivity contribution in [2.75, 3.05) is 26.7 Å². The van der Waals surface area contributed by atoms with E-state index < -0.39 is 0 Å². The monoisotopic (exact) mass is 186 g/mol. The van der Waals surface area contributed by atoms with Gasteiger partial charge in [0.25, 0.3) is 0 Å². The summed E-state index contributed by atoms with van der Waals surface area (Å²) in [6.45, 7) is 13.3. The summed E-state index contributed by atoms with van der Waals surface area (Å²) in [5.41, 5.74) is 0. The Kier molecular flexibility index (Phi) is 6.40. The van der Waals surface area contributed by atoms with E-state index in [0.717, 1.165) is 5.92 Å². The number of hydrogen-bond donors (Lipinski definition) is 0. The Bertz CT molecular complexity index is 114. The van der Waals surface area contributed by atoms with Gasteiger partial charge < -0.3 is 4.48 Å². The van der Waals surface area contributed by atoms with Gasteiger partial charge in [-0.25, -0.2) is 0 Å². The molecule has 0 unspecified atom stereocenters. The van der Waals surface area contributed by atoms with Gasteiger partial charge in [0.15, 0.2) is 0 Å². The average Bonchev–Trinajstić information content (AvgIpc) is 2.04. The summed E-state index contributed by atoms with van der Waals surface area (Å²) in [5.74, 6) is 0.878. The molecule has 0 saturated heterocycles. The molecule has 0 aliphatic heterocycles. The number of rotatable bonds is 7. The predicted octanol–water partition coefficient (Wildman–Crippen LogP) is 3.30. The first-order chi connectivity index (χ1) is 6.08. The highest BCUT2D eigenvalue weighted by atomic mass is 15.3. The summed E-state index contributed by atoms with van der Waals surface area (Å²) in [4.78, 5) is 0. The predicted molar refractivity (Wildman–Crippen MR) is 60.8 cm³/mol. The van der Waals surface area contributed by atoms with E-state index in [0.29, 0.717) is 0 Å². The normalized spacial score (nSPS) is 14.5. The van der Waals surface area contributed by atoms with E-state index in [-0.39, 0.29) is 0 Å². The molecule has 0 saturated carbocycles. The Balaban J connectivity index is 4.05. The lowest BCUT2D eigenvalue weighted by molar-refractivity contribution is -0.912. The molecular weight excluding hydrogens is 158 g/mol. The van der Waals surface area contributed by atoms with E-state index in [1.807, 2.05) is 0 Å². The quantitative estimate of drug-likeness (QED) is 0.535. The minimum absolute atomic E-state index is 0.878. The van der Waals surface area contributed by atoms with Crippen molar-refractivity contribution < 1.29 is 4.48 Å². The van der Waals surface area contributed by atoms with Crippen molar-refractivity contribution in [2.45, 2.75) is 47.0 Å². The smallest absolute Gasteiger partial charge is 0.0810 e. The van der Waals surface area contributed by atoms with Crippen molar-refractivity contribution in [3.05, 3.63) is 0 Å². The molecule has 0 aromatic heterocycles. The van der Waals surface area contributed by atoms with Crippen LogP contribution in [0.3, 0.4) is 0 Å². The van der Waals surface area contributed by atoms with Gasteiger partial charge in [0.1, 0.15) is 0 Å². The zero-order chi connectivity index (χ0) is 10.3. The topological polar surface area (TPSA) is 0 Å². The Labute approximate surface area is 84.7 Å². The minimum Gasteiger partial charge on any atom is -0.326 e. The van der Waals surface area contributed by atoms with Crippen LogP contribution in [0.1, 0.15) is 47.0 Å². The summed E-state index contributed by atoms with van der Waals surface area (Å²) >= 11 is 0. The van der Waals surface area contributed by atoms with Crippen LogP contribution in [0.5, 0.6) is 0 Å². The average molecular weight is 186 g/mol. The largest absolute Gasteiger partial charge is 0.326 e. The molecule has 0 spiro atoms. The van der Waals surface area contributed by atoms with E-state index in [1.165, 1.54) is 43.4 Å². The molecule has 80 valence electrons. The lowest BCUT2D eigenvalue weighted by Crippen LogP contribution is -2.47. The summed E-state index contributed by atoms with van der Waals surface area (Å²) in [6.07, 6.45) is 3.95. The van der Waals surface area contributed by atoms with E-state index in [1.54, 1.807) is 0 Å². The van der Waals surface area contributed by atoms with Gasteiger partial charge in [0.2, 0.25) is 0 Å². The maximum absolute atomic E-state index is 2.42. The van der Waals surface area contributed by atoms with Crippen molar-refractivity contribution in [2.24, 2.45) is 5.92 Å². The number of hydrogen-bond acceptors (Lipinski definition) is 0. The standard InChI is InChI=1S/C12H28N/c1-6-9-13(5,10-7-2)11-12(4)8-3/h12H,6-11H2,1-5H3/q+1/t12-/m0/s1. The molecule has 0 heterocycles. The van der Waals surface area contributed by atoms with Crippen LogP contribution in [0, 0.1) is 5.92 Å². The summed E-state index contributed by atoms with van der Waals surface area (Å²) in [7, 11) is 2.42. The van der Waals surface area contributed by atoms with Gasteiger partial charge in [-0.05, 0) is 19.3 Å². The van der Waals surface area contributed by atoms with Crippen LogP contribution >= 0.6 is 0 Å². The van der Waals surface area contributed by atoms with Crippen molar-refractivity contribution >= 4 is 0 Å². The van der Waals surface area contributed by atoms with Gasteiger partial charge in [-0.3, -0.25) is 0 Å². The molecule has 0 radical (unpaired) electrons. The first-order valence-electron chi connectivity index (χ1n) is 5.91. The van der Waals surface area contributed by atoms with Gasteiger partial charge >= 0.3 is 0 Å². The molecule has 0 aliphatic carbocycles. The fourth-order valence-electron chi connectivity index (χ4n) is 2.26. The van der Waals surface area contributed by atoms with E-state index in [4.69, 9.17) is 0 Å². The minimum atomic E-state index is 0.878. The Morgan fingerprint density at radius 1 is 1.00 bits per heavy atom. The first kappa shape index (κ1) is 13.0. The highest BCUT2D eigenvalue weighted by Gasteiger charge is 2.21. The molecule has 0 N–H and O–H groups in total. The van der Waals surface area contributed by atoms with Crippen molar-refractivity contribution in [3.8, 4) is 0 Å². The third-order valence-electron chi connectivity index (χ3n) is 2.98. The van der Waals surface area contributed by atoms with Crippen LogP contribution in [0.2, 0.25) is 0 Å². The highest BCUT2D eigenvalue weighted by Crippen LogP contribution is 2.12. The van der Waals surface area contributed by atoms with Gasteiger partial charge in [-0.2, -0.15) is 0 Å². The fraction of sp³-hybridized carbons (Fsp3) is 1.00. The van der Waals surface area contributed by atoms with Gasteiger partial charge in [0, 0.05) is 5.92 Å². The van der Waals surface area contributed by atoms with Crippen LogP contribution in [-0.4, -0.2) is 31.2 Å². The Hall–Kier alpha value is -0.0400. The van der Waals surface area contributed by atoms with E-state index >= 15 is 0 Å². The Morgan fingerprint density at radius 3 is 1.77 bits per heavy atom. The second-order valence-corrected chi connectivity index (χ2v) is 4.76. The Morgan fingerprint density at radius 2 is 1.46 bits per heavy atom. The summed E-state index contributed by atoms with van der Waals surface area (Å²) < 4.78 is 1.28. The summed E-state index contributed by atoms with van der Waals surface area (Å²) in [5, 5.41) is 0. The van der Waals surface area contributed by atoms with E-state index in [2.05, 4.69) is 34.7 Å². The highest BCUT2D eigenvalue weighted by molar-refractivity contribution is 4.49. The van der Waals surface area contributed by atoms with Crippen LogP contribution in [-0.2, 0) is 0 Å². The molecular formula is C12H28N+. The molecule has 1 nitrogen and oxygen atoms in total. The molecule has 13 heavy (non-hydrogen) atoms. The number of quaternary nitrogens is 1. The third-order valence-corrected chi connectivity index (χ3v) is 2.98. The number of nitrogens with zero attached hydrogens (tertiary/aromatic N) is 1. The molecule has 0 fully saturated rings. The summed E-state index contributed by atoms with van der Waals surface area (Å²) in [6, 6.07) is 0. The molecule has 0 amide bonds. The second-order valence-electron chi connectivity index (χ2n) is 4.76. The van der Waals surface area contributed by atoms with Gasteiger partial charge in [0.05, 0.1) is 26.7 Å². The molecule has 1 heteroatoms. The van der Waals surface area contributed by atoms with Crippen molar-refractivity contribution in [1.29, 1.82) is 0 Å². The maximum atomic E-state index is 2.42. The van der Waals surface area contributed by atoms with Crippen LogP contribution in [0.15, 0.2) is 0 Å². The SMILES string of the molecule is CCC[N+](C)(CCC)C[C@@H](C)CC. The van der Waals surface area contributed by atoms with Crippen LogP contribution in [0.4, 0.5) is 0 Å². The van der Waals surface area contributed by atoms with Crippen LogP contribution < -0.4 is 0 Å². The molecule has 0 rings (SSSR count). The fourth-order valence-corrected chi connectivity index (χ4v) is 2.26. The molecule has 0 aromatic carbocycles. The zero-order valence-corrected chi connectivity index (χ0v) is 10.3. The van der Waals surface area contributed by atoms with Crippen LogP contribution in [0.25, 0.3) is 0 Å². The third kappa shape index (κ3) is 5.30. The van der Waals surface area contributed by atoms with Gasteiger partial charge in [-0.1, -0.05) is 27.7 Å². The molecule has 0 aliphatic rings.